The van der Waals surface area contributed by atoms with Gasteiger partial charge >= 0.3 is 7.12 Å². The Hall–Kier alpha value is -1.75. The number of carbonyl (C=O) groups excluding carboxylic acids is 1. The summed E-state index contributed by atoms with van der Waals surface area (Å²) in [4.78, 5) is 11.4. The smallest absolute Gasteiger partial charge is 0.491 e. The van der Waals surface area contributed by atoms with Gasteiger partial charge in [-0.15, -0.1) is 0 Å². The fourth-order valence-electron chi connectivity index (χ4n) is 2.30. The van der Waals surface area contributed by atoms with E-state index in [9.17, 15) is 9.90 Å². The molecule has 0 amide bonds. The summed E-state index contributed by atoms with van der Waals surface area (Å²) in [6.45, 7) is 9.32. The number of phenolic OH excluding ortho intramolecular Hbond substituents is 1. The highest BCUT2D eigenvalue weighted by Crippen LogP contribution is 2.39. The minimum absolute atomic E-state index is 0.0163. The third kappa shape index (κ3) is 4.46. The van der Waals surface area contributed by atoms with Gasteiger partial charge in [0, 0.05) is 18.2 Å². The molecule has 1 aliphatic heterocycles. The van der Waals surface area contributed by atoms with Crippen molar-refractivity contribution in [1.82, 2.24) is 0 Å². The van der Waals surface area contributed by atoms with Crippen molar-refractivity contribution in [2.24, 2.45) is 0 Å². The molecule has 1 saturated heterocycles. The molecular weight excluding hydrogens is 337 g/mol. The summed E-state index contributed by atoms with van der Waals surface area (Å²) in [6.07, 6.45) is 1.73. The molecule has 7 heteroatoms. The Bertz CT molecular complexity index is 736. The average Bonchev–Trinajstić information content (AvgIpc) is 2.73. The lowest BCUT2D eigenvalue weighted by atomic mass is 9.78. The summed E-state index contributed by atoms with van der Waals surface area (Å²) in [7, 11) is -0.623. The second-order valence-electron chi connectivity index (χ2n) is 6.97. The van der Waals surface area contributed by atoms with Gasteiger partial charge in [0.1, 0.15) is 5.75 Å². The number of thioether (sulfide) groups is 1. The quantitative estimate of drug-likeness (QED) is 0.828. The Kier molecular flexibility index (Phi) is 5.67. The monoisotopic (exact) mass is 359 g/mol. The molecule has 0 aliphatic carbocycles. The van der Waals surface area contributed by atoms with Crippen molar-refractivity contribution >= 4 is 30.1 Å². The first-order valence-electron chi connectivity index (χ1n) is 7.98. The number of nitrogens with zero attached hydrogens (tertiary/aromatic N) is 1. The van der Waals surface area contributed by atoms with E-state index in [1.807, 2.05) is 27.7 Å². The molecule has 132 valence electrons. The van der Waals surface area contributed by atoms with Gasteiger partial charge in [0.2, 0.25) is 0 Å². The number of nitriles is 1. The summed E-state index contributed by atoms with van der Waals surface area (Å²) in [5.41, 5.74) is 0.649. The first-order chi connectivity index (χ1) is 11.6. The Morgan fingerprint density at radius 2 is 1.92 bits per heavy atom. The zero-order valence-electron chi connectivity index (χ0n) is 15.1. The Labute approximate surface area is 153 Å². The molecule has 0 unspecified atom stereocenters. The van der Waals surface area contributed by atoms with Crippen molar-refractivity contribution < 1.29 is 19.2 Å². The van der Waals surface area contributed by atoms with E-state index in [1.54, 1.807) is 18.2 Å². The van der Waals surface area contributed by atoms with E-state index in [4.69, 9.17) is 14.6 Å². The SMILES string of the molecule is CC(=O)SCC(=Cc1cc(C#N)ccc1O)B1OC(C)(C)C(C)(C)O1. The lowest BCUT2D eigenvalue weighted by Crippen LogP contribution is -2.41. The highest BCUT2D eigenvalue weighted by atomic mass is 32.2. The van der Waals surface area contributed by atoms with Crippen molar-refractivity contribution in [3.63, 3.8) is 0 Å². The summed E-state index contributed by atoms with van der Waals surface area (Å²) in [5.74, 6) is 0.434. The maximum absolute atomic E-state index is 11.4. The summed E-state index contributed by atoms with van der Waals surface area (Å²) in [5, 5.41) is 19.1. The van der Waals surface area contributed by atoms with Gasteiger partial charge in [-0.1, -0.05) is 17.8 Å². The first-order valence-corrected chi connectivity index (χ1v) is 8.97. The van der Waals surface area contributed by atoms with E-state index in [0.29, 0.717) is 16.9 Å². The molecule has 0 saturated carbocycles. The summed E-state index contributed by atoms with van der Waals surface area (Å²) < 4.78 is 12.1. The molecule has 1 aliphatic rings. The maximum Gasteiger partial charge on any atom is 0.491 e. The number of phenols is 1. The molecule has 1 heterocycles. The van der Waals surface area contributed by atoms with Crippen LogP contribution in [0.3, 0.4) is 0 Å². The van der Waals surface area contributed by atoms with Crippen LogP contribution >= 0.6 is 11.8 Å². The van der Waals surface area contributed by atoms with Gasteiger partial charge in [0.05, 0.1) is 22.8 Å². The molecular formula is C18H22BNO4S. The van der Waals surface area contributed by atoms with Crippen molar-refractivity contribution in [3.8, 4) is 11.8 Å². The molecule has 1 fully saturated rings. The zero-order chi connectivity index (χ0) is 18.8. The maximum atomic E-state index is 11.4. The van der Waals surface area contributed by atoms with E-state index in [-0.39, 0.29) is 10.9 Å². The minimum Gasteiger partial charge on any atom is -0.507 e. The second-order valence-corrected chi connectivity index (χ2v) is 8.13. The van der Waals surface area contributed by atoms with Crippen LogP contribution in [0.15, 0.2) is 23.7 Å². The van der Waals surface area contributed by atoms with Crippen molar-refractivity contribution in [2.75, 3.05) is 5.75 Å². The van der Waals surface area contributed by atoms with E-state index < -0.39 is 18.3 Å². The molecule has 1 aromatic rings. The number of hydrogen-bond donors (Lipinski definition) is 1. The largest absolute Gasteiger partial charge is 0.507 e. The predicted octanol–water partition coefficient (Wildman–Crippen LogP) is 3.56. The van der Waals surface area contributed by atoms with E-state index in [2.05, 4.69) is 6.07 Å². The van der Waals surface area contributed by atoms with Crippen LogP contribution in [0, 0.1) is 11.3 Å². The van der Waals surface area contributed by atoms with E-state index in [1.165, 1.54) is 13.0 Å². The minimum atomic E-state index is -0.623. The lowest BCUT2D eigenvalue weighted by molar-refractivity contribution is -0.109. The van der Waals surface area contributed by atoms with Crippen LogP contribution in [0.5, 0.6) is 5.75 Å². The first kappa shape index (κ1) is 19.6. The number of benzene rings is 1. The molecule has 1 aromatic carbocycles. The van der Waals surface area contributed by atoms with E-state index >= 15 is 0 Å². The van der Waals surface area contributed by atoms with E-state index in [0.717, 1.165) is 17.2 Å². The van der Waals surface area contributed by atoms with Crippen LogP contribution in [-0.2, 0) is 14.1 Å². The fraction of sp³-hybridized carbons (Fsp3) is 0.444. The van der Waals surface area contributed by atoms with Crippen molar-refractivity contribution in [2.45, 2.75) is 45.8 Å². The Balaban J connectivity index is 2.40. The van der Waals surface area contributed by atoms with Gasteiger partial charge in [0.15, 0.2) is 5.12 Å². The number of hydrogen-bond acceptors (Lipinski definition) is 6. The van der Waals surface area contributed by atoms with Crippen LogP contribution in [0.1, 0.15) is 45.7 Å². The average molecular weight is 359 g/mol. The highest BCUT2D eigenvalue weighted by Gasteiger charge is 2.52. The van der Waals surface area contributed by atoms with Gasteiger partial charge in [-0.05, 0) is 51.4 Å². The molecule has 0 radical (unpaired) electrons. The van der Waals surface area contributed by atoms with Gasteiger partial charge in [-0.25, -0.2) is 0 Å². The number of carbonyl (C=O) groups is 1. The molecule has 1 N–H and O–H groups in total. The molecule has 5 nitrogen and oxygen atoms in total. The molecule has 0 aromatic heterocycles. The third-order valence-electron chi connectivity index (χ3n) is 4.50. The summed E-state index contributed by atoms with van der Waals surface area (Å²) >= 11 is 1.15. The zero-order valence-corrected chi connectivity index (χ0v) is 15.9. The topological polar surface area (TPSA) is 79.6 Å². The number of rotatable bonds is 4. The molecule has 2 rings (SSSR count). The second kappa shape index (κ2) is 7.24. The molecule has 0 bridgehead atoms. The molecule has 25 heavy (non-hydrogen) atoms. The van der Waals surface area contributed by atoms with Crippen LogP contribution in [0.2, 0.25) is 0 Å². The van der Waals surface area contributed by atoms with Crippen LogP contribution in [-0.4, -0.2) is 34.3 Å². The highest BCUT2D eigenvalue weighted by molar-refractivity contribution is 8.13. The number of aromatic hydroxyl groups is 1. The Morgan fingerprint density at radius 3 is 2.44 bits per heavy atom. The summed E-state index contributed by atoms with van der Waals surface area (Å²) in [6, 6.07) is 6.67. The predicted molar refractivity (Wildman–Crippen MR) is 100 cm³/mol. The normalized spacial score (nSPS) is 18.9. The fourth-order valence-corrected chi connectivity index (χ4v) is 2.89. The van der Waals surface area contributed by atoms with Gasteiger partial charge < -0.3 is 14.4 Å². The molecule has 0 spiro atoms. The standard InChI is InChI=1S/C18H22BNO4S/c1-12(21)25-11-15(19-23-17(2,3)18(4,5)24-19)9-14-8-13(10-20)6-7-16(14)22/h6-9,22H,11H2,1-5H3. The van der Waals surface area contributed by atoms with Crippen molar-refractivity contribution in [1.29, 1.82) is 5.26 Å². The van der Waals surface area contributed by atoms with Crippen molar-refractivity contribution in [3.05, 3.63) is 34.8 Å². The molecule has 0 atom stereocenters. The van der Waals surface area contributed by atoms with Crippen LogP contribution < -0.4 is 0 Å². The van der Waals surface area contributed by atoms with Crippen LogP contribution in [0.25, 0.3) is 6.08 Å². The van der Waals surface area contributed by atoms with Gasteiger partial charge in [0.25, 0.3) is 0 Å². The third-order valence-corrected chi connectivity index (χ3v) is 5.38. The van der Waals surface area contributed by atoms with Gasteiger partial charge in [-0.3, -0.25) is 4.79 Å². The van der Waals surface area contributed by atoms with Crippen LogP contribution in [0.4, 0.5) is 0 Å². The van der Waals surface area contributed by atoms with Gasteiger partial charge in [-0.2, -0.15) is 5.26 Å². The Morgan fingerprint density at radius 1 is 1.32 bits per heavy atom. The lowest BCUT2D eigenvalue weighted by Gasteiger charge is -2.32.